The van der Waals surface area contributed by atoms with Crippen molar-refractivity contribution in [1.29, 1.82) is 0 Å². The van der Waals surface area contributed by atoms with Crippen molar-refractivity contribution >= 4 is 17.6 Å². The molecule has 0 atom stereocenters. The second-order valence-corrected chi connectivity index (χ2v) is 6.71. The summed E-state index contributed by atoms with van der Waals surface area (Å²) in [7, 11) is 0. The highest BCUT2D eigenvalue weighted by molar-refractivity contribution is 5.96. The van der Waals surface area contributed by atoms with Crippen LogP contribution in [0, 0.1) is 5.92 Å². The van der Waals surface area contributed by atoms with Gasteiger partial charge in [-0.3, -0.25) is 10.1 Å². The van der Waals surface area contributed by atoms with Crippen LogP contribution in [0.4, 0.5) is 10.5 Å². The Labute approximate surface area is 147 Å². The number of fused-ring (bicyclic) bond motifs is 3. The summed E-state index contributed by atoms with van der Waals surface area (Å²) in [6, 6.07) is 14.0. The molecule has 0 bridgehead atoms. The molecule has 5 nitrogen and oxygen atoms in total. The minimum atomic E-state index is -0.454. The first kappa shape index (κ1) is 17.0. The van der Waals surface area contributed by atoms with Crippen molar-refractivity contribution in [3.63, 3.8) is 0 Å². The zero-order valence-electron chi connectivity index (χ0n) is 14.6. The Morgan fingerprint density at radius 3 is 2.60 bits per heavy atom. The van der Waals surface area contributed by atoms with Crippen LogP contribution in [0.2, 0.25) is 0 Å². The molecular formula is C20H23N3O2. The van der Waals surface area contributed by atoms with Crippen LogP contribution < -0.4 is 16.0 Å². The third kappa shape index (κ3) is 4.18. The number of anilines is 1. The van der Waals surface area contributed by atoms with Gasteiger partial charge in [-0.15, -0.1) is 0 Å². The van der Waals surface area contributed by atoms with Crippen LogP contribution in [0.3, 0.4) is 0 Å². The smallest absolute Gasteiger partial charge is 0.321 e. The summed E-state index contributed by atoms with van der Waals surface area (Å²) in [6.07, 6.45) is 0.908. The number of hydrogen-bond acceptors (Lipinski definition) is 3. The molecule has 0 aromatic heterocycles. The lowest BCUT2D eigenvalue weighted by Crippen LogP contribution is -2.43. The van der Waals surface area contributed by atoms with E-state index in [0.717, 1.165) is 12.1 Å². The van der Waals surface area contributed by atoms with Crippen molar-refractivity contribution in [2.75, 3.05) is 18.4 Å². The predicted octanol–water partition coefficient (Wildman–Crippen LogP) is 3.15. The summed E-state index contributed by atoms with van der Waals surface area (Å²) in [4.78, 5) is 23.4. The molecule has 3 rings (SSSR count). The molecule has 0 heterocycles. The highest BCUT2D eigenvalue weighted by Crippen LogP contribution is 2.37. The molecule has 2 aromatic carbocycles. The normalized spacial score (nSPS) is 11.6. The molecule has 2 aromatic rings. The van der Waals surface area contributed by atoms with E-state index in [9.17, 15) is 9.59 Å². The van der Waals surface area contributed by atoms with E-state index in [4.69, 9.17) is 0 Å². The van der Waals surface area contributed by atoms with Gasteiger partial charge < -0.3 is 10.6 Å². The summed E-state index contributed by atoms with van der Waals surface area (Å²) in [6.45, 7) is 4.59. The fourth-order valence-corrected chi connectivity index (χ4v) is 2.95. The Balaban J connectivity index is 1.54. The van der Waals surface area contributed by atoms with Crippen LogP contribution in [0.5, 0.6) is 0 Å². The van der Waals surface area contributed by atoms with Gasteiger partial charge in [0.2, 0.25) is 5.91 Å². The monoisotopic (exact) mass is 337 g/mol. The van der Waals surface area contributed by atoms with Gasteiger partial charge >= 0.3 is 6.03 Å². The number of nitrogens with one attached hydrogen (secondary N) is 3. The fourth-order valence-electron chi connectivity index (χ4n) is 2.95. The Morgan fingerprint density at radius 1 is 1.04 bits per heavy atom. The molecule has 25 heavy (non-hydrogen) atoms. The Bertz CT molecular complexity index is 799. The van der Waals surface area contributed by atoms with Crippen LogP contribution in [0.15, 0.2) is 42.5 Å². The van der Waals surface area contributed by atoms with E-state index < -0.39 is 6.03 Å². The molecule has 0 fully saturated rings. The largest absolute Gasteiger partial charge is 0.376 e. The van der Waals surface area contributed by atoms with E-state index in [1.807, 2.05) is 19.9 Å². The first-order valence-corrected chi connectivity index (χ1v) is 8.55. The van der Waals surface area contributed by atoms with Gasteiger partial charge in [0.15, 0.2) is 0 Å². The van der Waals surface area contributed by atoms with Gasteiger partial charge in [-0.2, -0.15) is 0 Å². The van der Waals surface area contributed by atoms with Crippen LogP contribution in [-0.4, -0.2) is 25.0 Å². The average Bonchev–Trinajstić information content (AvgIpc) is 2.96. The van der Waals surface area contributed by atoms with Gasteiger partial charge in [0.05, 0.1) is 6.54 Å². The molecule has 0 aliphatic heterocycles. The molecule has 1 aliphatic rings. The van der Waals surface area contributed by atoms with E-state index >= 15 is 0 Å². The third-order valence-corrected chi connectivity index (χ3v) is 4.17. The summed E-state index contributed by atoms with van der Waals surface area (Å²) < 4.78 is 0. The molecule has 1 aliphatic carbocycles. The lowest BCUT2D eigenvalue weighted by atomic mass is 10.1. The molecule has 0 saturated carbocycles. The average molecular weight is 337 g/mol. The minimum absolute atomic E-state index is 0.0564. The molecule has 0 unspecified atom stereocenters. The first-order chi connectivity index (χ1) is 12.0. The van der Waals surface area contributed by atoms with Crippen molar-refractivity contribution in [2.24, 2.45) is 5.92 Å². The number of amides is 3. The third-order valence-electron chi connectivity index (χ3n) is 4.17. The van der Waals surface area contributed by atoms with Gasteiger partial charge in [-0.05, 0) is 46.7 Å². The lowest BCUT2D eigenvalue weighted by molar-refractivity contribution is -0.118. The van der Waals surface area contributed by atoms with Gasteiger partial charge in [0.25, 0.3) is 0 Å². The summed E-state index contributed by atoms with van der Waals surface area (Å²) >= 11 is 0. The molecular weight excluding hydrogens is 314 g/mol. The predicted molar refractivity (Wildman–Crippen MR) is 99.6 cm³/mol. The zero-order chi connectivity index (χ0) is 17.8. The first-order valence-electron chi connectivity index (χ1n) is 8.55. The summed E-state index contributed by atoms with van der Waals surface area (Å²) in [5, 5.41) is 8.06. The second-order valence-electron chi connectivity index (χ2n) is 6.71. The number of rotatable bonds is 5. The van der Waals surface area contributed by atoms with Gasteiger partial charge in [0, 0.05) is 12.2 Å². The number of carbonyl (C=O) groups is 2. The highest BCUT2D eigenvalue weighted by atomic mass is 16.2. The maximum absolute atomic E-state index is 11.8. The molecule has 130 valence electrons. The second kappa shape index (κ2) is 7.38. The van der Waals surface area contributed by atoms with Crippen LogP contribution in [-0.2, 0) is 11.2 Å². The van der Waals surface area contributed by atoms with E-state index in [1.165, 1.54) is 22.3 Å². The Hall–Kier alpha value is -2.82. The van der Waals surface area contributed by atoms with E-state index in [2.05, 4.69) is 52.3 Å². The van der Waals surface area contributed by atoms with E-state index in [1.54, 1.807) is 0 Å². The van der Waals surface area contributed by atoms with E-state index in [-0.39, 0.29) is 12.5 Å². The highest BCUT2D eigenvalue weighted by Gasteiger charge is 2.18. The molecule has 0 spiro atoms. The Morgan fingerprint density at radius 2 is 1.80 bits per heavy atom. The van der Waals surface area contributed by atoms with Gasteiger partial charge in [-0.25, -0.2) is 4.79 Å². The molecule has 3 amide bonds. The molecule has 0 radical (unpaired) electrons. The summed E-state index contributed by atoms with van der Waals surface area (Å²) in [5.74, 6) is -0.0143. The summed E-state index contributed by atoms with van der Waals surface area (Å²) in [5.41, 5.74) is 5.99. The van der Waals surface area contributed by atoms with Crippen molar-refractivity contribution < 1.29 is 9.59 Å². The fraction of sp³-hybridized carbons (Fsp3) is 0.300. The van der Waals surface area contributed by atoms with Crippen molar-refractivity contribution in [3.8, 4) is 11.1 Å². The molecule has 5 heteroatoms. The maximum Gasteiger partial charge on any atom is 0.321 e. The minimum Gasteiger partial charge on any atom is -0.376 e. The molecule has 3 N–H and O–H groups in total. The van der Waals surface area contributed by atoms with Crippen molar-refractivity contribution in [3.05, 3.63) is 53.6 Å². The van der Waals surface area contributed by atoms with Gasteiger partial charge in [-0.1, -0.05) is 44.2 Å². The van der Waals surface area contributed by atoms with Crippen molar-refractivity contribution in [2.45, 2.75) is 20.3 Å². The molecule has 0 saturated heterocycles. The van der Waals surface area contributed by atoms with Crippen LogP contribution in [0.1, 0.15) is 25.0 Å². The maximum atomic E-state index is 11.8. The van der Waals surface area contributed by atoms with Crippen molar-refractivity contribution in [1.82, 2.24) is 10.6 Å². The van der Waals surface area contributed by atoms with Crippen LogP contribution >= 0.6 is 0 Å². The SMILES string of the molecule is CC(C)CNC(=O)NC(=O)CNc1ccc2c(c1)Cc1ccccc1-2. The van der Waals surface area contributed by atoms with E-state index in [0.29, 0.717) is 12.5 Å². The number of imide groups is 1. The number of benzene rings is 2. The Kier molecular flexibility index (Phi) is 5.03. The number of carbonyl (C=O) groups excluding carboxylic acids is 2. The van der Waals surface area contributed by atoms with Gasteiger partial charge in [0.1, 0.15) is 0 Å². The quantitative estimate of drug-likeness (QED) is 0.670. The number of hydrogen-bond donors (Lipinski definition) is 3. The number of urea groups is 1. The zero-order valence-corrected chi connectivity index (χ0v) is 14.6. The van der Waals surface area contributed by atoms with Crippen LogP contribution in [0.25, 0.3) is 11.1 Å². The topological polar surface area (TPSA) is 70.2 Å². The standard InChI is InChI=1S/C20H23N3O2/c1-13(2)11-22-20(25)23-19(24)12-21-16-7-8-18-15(10-16)9-14-5-3-4-6-17(14)18/h3-8,10,13,21H,9,11-12H2,1-2H3,(H2,22,23,24,25). The lowest BCUT2D eigenvalue weighted by Gasteiger charge is -2.10.